The van der Waals surface area contributed by atoms with Crippen molar-refractivity contribution in [2.24, 2.45) is 17.3 Å². The van der Waals surface area contributed by atoms with Gasteiger partial charge >= 0.3 is 0 Å². The summed E-state index contributed by atoms with van der Waals surface area (Å²) in [6, 6.07) is 0. The molecule has 1 nitrogen and oxygen atoms in total. The van der Waals surface area contributed by atoms with E-state index in [-0.39, 0.29) is 6.10 Å². The Morgan fingerprint density at radius 2 is 2.21 bits per heavy atom. The van der Waals surface area contributed by atoms with E-state index >= 15 is 0 Å². The molecule has 3 atom stereocenters. The quantitative estimate of drug-likeness (QED) is 0.686. The van der Waals surface area contributed by atoms with Gasteiger partial charge in [0.2, 0.25) is 0 Å². The van der Waals surface area contributed by atoms with Crippen LogP contribution in [0, 0.1) is 17.3 Å². The fraction of sp³-hybridized carbons (Fsp3) is 0.846. The van der Waals surface area contributed by atoms with Gasteiger partial charge in [0.05, 0.1) is 6.10 Å². The zero-order chi connectivity index (χ0) is 10.8. The smallest absolute Gasteiger partial charge is 0.0576 e. The van der Waals surface area contributed by atoms with E-state index in [2.05, 4.69) is 27.4 Å². The van der Waals surface area contributed by atoms with Gasteiger partial charge in [-0.05, 0) is 42.9 Å². The summed E-state index contributed by atoms with van der Waals surface area (Å²) in [5.74, 6) is 1.12. The summed E-state index contributed by atoms with van der Waals surface area (Å²) in [6.45, 7) is 10.5. The number of aliphatic hydroxyl groups excluding tert-OH is 1. The molecule has 1 saturated carbocycles. The maximum atomic E-state index is 10.1. The Morgan fingerprint density at radius 3 is 2.64 bits per heavy atom. The lowest BCUT2D eigenvalue weighted by Crippen LogP contribution is -2.37. The van der Waals surface area contributed by atoms with E-state index in [9.17, 15) is 5.11 Å². The van der Waals surface area contributed by atoms with Crippen molar-refractivity contribution in [2.45, 2.75) is 52.6 Å². The molecule has 0 amide bonds. The first-order chi connectivity index (χ1) is 6.48. The summed E-state index contributed by atoms with van der Waals surface area (Å²) in [5, 5.41) is 10.1. The standard InChI is InChI=1S/C13H24O/c1-5-7-13(4)8-6-11(10(2)3)12(14)9-13/h5,10-12,14H,1,6-9H2,2-4H3/t11-,12+,13+/m0/s1. The van der Waals surface area contributed by atoms with Gasteiger partial charge in [0.15, 0.2) is 0 Å². The van der Waals surface area contributed by atoms with Crippen LogP contribution in [0.1, 0.15) is 46.5 Å². The van der Waals surface area contributed by atoms with Gasteiger partial charge in [0.25, 0.3) is 0 Å². The topological polar surface area (TPSA) is 20.2 Å². The van der Waals surface area contributed by atoms with Crippen LogP contribution >= 0.6 is 0 Å². The molecule has 0 spiro atoms. The van der Waals surface area contributed by atoms with Gasteiger partial charge in [-0.15, -0.1) is 6.58 Å². The van der Waals surface area contributed by atoms with Crippen LogP contribution in [-0.4, -0.2) is 11.2 Å². The maximum Gasteiger partial charge on any atom is 0.0576 e. The molecule has 0 saturated heterocycles. The van der Waals surface area contributed by atoms with E-state index in [0.717, 1.165) is 12.8 Å². The lowest BCUT2D eigenvalue weighted by Gasteiger charge is -2.41. The van der Waals surface area contributed by atoms with Crippen LogP contribution < -0.4 is 0 Å². The molecule has 1 aliphatic carbocycles. The zero-order valence-corrected chi connectivity index (χ0v) is 9.79. The third kappa shape index (κ3) is 2.60. The minimum atomic E-state index is -0.103. The minimum absolute atomic E-state index is 0.103. The fourth-order valence-corrected chi connectivity index (χ4v) is 2.78. The largest absolute Gasteiger partial charge is 0.393 e. The van der Waals surface area contributed by atoms with Crippen molar-refractivity contribution in [1.29, 1.82) is 0 Å². The van der Waals surface area contributed by atoms with Crippen molar-refractivity contribution in [3.05, 3.63) is 12.7 Å². The highest BCUT2D eigenvalue weighted by Gasteiger charge is 2.36. The third-order valence-electron chi connectivity index (χ3n) is 3.77. The Morgan fingerprint density at radius 1 is 1.57 bits per heavy atom. The van der Waals surface area contributed by atoms with Crippen molar-refractivity contribution in [2.75, 3.05) is 0 Å². The molecule has 0 unspecified atom stereocenters. The van der Waals surface area contributed by atoms with E-state index < -0.39 is 0 Å². The Hall–Kier alpha value is -0.300. The fourth-order valence-electron chi connectivity index (χ4n) is 2.78. The van der Waals surface area contributed by atoms with E-state index in [1.54, 1.807) is 0 Å². The first-order valence-electron chi connectivity index (χ1n) is 5.77. The van der Waals surface area contributed by atoms with E-state index in [4.69, 9.17) is 0 Å². The first-order valence-corrected chi connectivity index (χ1v) is 5.77. The van der Waals surface area contributed by atoms with Crippen molar-refractivity contribution in [3.8, 4) is 0 Å². The number of aliphatic hydroxyl groups is 1. The van der Waals surface area contributed by atoms with Gasteiger partial charge in [-0.1, -0.05) is 26.8 Å². The second kappa shape index (κ2) is 4.48. The Labute approximate surface area is 88.2 Å². The molecule has 0 heterocycles. The Kier molecular flexibility index (Phi) is 3.77. The second-order valence-corrected chi connectivity index (χ2v) is 5.52. The van der Waals surface area contributed by atoms with Crippen LogP contribution in [0.25, 0.3) is 0 Å². The third-order valence-corrected chi connectivity index (χ3v) is 3.77. The average Bonchev–Trinajstić information content (AvgIpc) is 2.02. The van der Waals surface area contributed by atoms with Crippen molar-refractivity contribution < 1.29 is 5.11 Å². The summed E-state index contributed by atoms with van der Waals surface area (Å²) < 4.78 is 0. The molecule has 1 N–H and O–H groups in total. The molecule has 0 bridgehead atoms. The summed E-state index contributed by atoms with van der Waals surface area (Å²) in [4.78, 5) is 0. The molecule has 0 aromatic carbocycles. The molecule has 1 aliphatic rings. The van der Waals surface area contributed by atoms with Crippen molar-refractivity contribution in [1.82, 2.24) is 0 Å². The molecule has 0 radical (unpaired) electrons. The minimum Gasteiger partial charge on any atom is -0.393 e. The van der Waals surface area contributed by atoms with E-state index in [1.165, 1.54) is 12.8 Å². The molecule has 14 heavy (non-hydrogen) atoms. The summed E-state index contributed by atoms with van der Waals surface area (Å²) >= 11 is 0. The van der Waals surface area contributed by atoms with Crippen molar-refractivity contribution >= 4 is 0 Å². The maximum absolute atomic E-state index is 10.1. The van der Waals surface area contributed by atoms with Gasteiger partial charge in [0.1, 0.15) is 0 Å². The highest BCUT2D eigenvalue weighted by molar-refractivity contribution is 4.92. The van der Waals surface area contributed by atoms with Gasteiger partial charge in [-0.2, -0.15) is 0 Å². The number of allylic oxidation sites excluding steroid dienone is 1. The van der Waals surface area contributed by atoms with Crippen LogP contribution in [0.15, 0.2) is 12.7 Å². The molecule has 1 fully saturated rings. The molecular formula is C13H24O. The molecule has 0 aromatic heterocycles. The monoisotopic (exact) mass is 196 g/mol. The predicted octanol–water partition coefficient (Wildman–Crippen LogP) is 3.39. The summed E-state index contributed by atoms with van der Waals surface area (Å²) in [5.41, 5.74) is 0.298. The molecule has 0 aromatic rings. The van der Waals surface area contributed by atoms with Crippen LogP contribution in [0.4, 0.5) is 0 Å². The molecule has 0 aliphatic heterocycles. The molecule has 1 rings (SSSR count). The van der Waals surface area contributed by atoms with E-state index in [0.29, 0.717) is 17.3 Å². The van der Waals surface area contributed by atoms with Gasteiger partial charge in [0, 0.05) is 0 Å². The molecular weight excluding hydrogens is 172 g/mol. The normalized spacial score (nSPS) is 38.6. The zero-order valence-electron chi connectivity index (χ0n) is 9.79. The summed E-state index contributed by atoms with van der Waals surface area (Å²) in [7, 11) is 0. The van der Waals surface area contributed by atoms with Crippen LogP contribution in [-0.2, 0) is 0 Å². The summed E-state index contributed by atoms with van der Waals surface area (Å²) in [6.07, 6.45) is 6.27. The van der Waals surface area contributed by atoms with Crippen molar-refractivity contribution in [3.63, 3.8) is 0 Å². The van der Waals surface area contributed by atoms with Crippen LogP contribution in [0.5, 0.6) is 0 Å². The van der Waals surface area contributed by atoms with Crippen LogP contribution in [0.2, 0.25) is 0 Å². The number of hydrogen-bond acceptors (Lipinski definition) is 1. The van der Waals surface area contributed by atoms with Gasteiger partial charge in [-0.3, -0.25) is 0 Å². The predicted molar refractivity (Wildman–Crippen MR) is 61.1 cm³/mol. The number of rotatable bonds is 3. The average molecular weight is 196 g/mol. The lowest BCUT2D eigenvalue weighted by molar-refractivity contribution is -0.00887. The first kappa shape index (κ1) is 11.8. The van der Waals surface area contributed by atoms with Gasteiger partial charge < -0.3 is 5.11 Å². The highest BCUT2D eigenvalue weighted by Crippen LogP contribution is 2.43. The van der Waals surface area contributed by atoms with Gasteiger partial charge in [-0.25, -0.2) is 0 Å². The number of hydrogen-bond donors (Lipinski definition) is 1. The van der Waals surface area contributed by atoms with Crippen LogP contribution in [0.3, 0.4) is 0 Å². The van der Waals surface area contributed by atoms with E-state index in [1.807, 2.05) is 6.08 Å². The Bertz CT molecular complexity index is 197. The highest BCUT2D eigenvalue weighted by atomic mass is 16.3. The Balaban J connectivity index is 2.58. The second-order valence-electron chi connectivity index (χ2n) is 5.52. The lowest BCUT2D eigenvalue weighted by atomic mass is 9.66. The molecule has 82 valence electrons. The molecule has 1 heteroatoms. The SMILES string of the molecule is C=CC[C@]1(C)CC[C@@H](C(C)C)[C@H](O)C1.